The molecule has 0 bridgehead atoms. The van der Waals surface area contributed by atoms with E-state index in [0.29, 0.717) is 43.7 Å². The van der Waals surface area contributed by atoms with Crippen LogP contribution in [0.1, 0.15) is 44.1 Å². The molecule has 4 saturated heterocycles. The van der Waals surface area contributed by atoms with E-state index >= 15 is 4.39 Å². The molecular weight excluding hydrogens is 688 g/mol. The van der Waals surface area contributed by atoms with Gasteiger partial charge in [-0.3, -0.25) is 0 Å². The molecule has 1 aliphatic carbocycles. The number of nitrogens with one attached hydrogen (secondary N) is 1. The minimum Gasteiger partial charge on any atom is -0.453 e. The molecule has 4 heterocycles. The van der Waals surface area contributed by atoms with Gasteiger partial charge in [0.25, 0.3) is 0 Å². The van der Waals surface area contributed by atoms with Crippen LogP contribution in [0.5, 0.6) is 0 Å². The normalized spacial score (nSPS) is 27.0. The lowest BCUT2D eigenvalue weighted by atomic mass is 9.57. The number of alkyl carbamates (subject to hydrolysis) is 1. The van der Waals surface area contributed by atoms with E-state index in [-0.39, 0.29) is 34.5 Å². The number of piperidine rings is 1. The number of amides is 1. The van der Waals surface area contributed by atoms with Crippen molar-refractivity contribution in [2.24, 2.45) is 11.8 Å². The maximum Gasteiger partial charge on any atom is 0.407 e. The zero-order chi connectivity index (χ0) is 36.3. The SMILES string of the molecule is COC(=O)N[C@H]1CCC[C@@H]1[C@](CN1CCC1)(c1cccc(F)c1)C1CCN(CC2(OC)CN(c3ccc(S(=O)(=O)C[C@@H]4COCCO4)cc3)C2)CC1. The van der Waals surface area contributed by atoms with Gasteiger partial charge in [0, 0.05) is 37.3 Å². The average Bonchev–Trinajstić information content (AvgIpc) is 3.58. The summed E-state index contributed by atoms with van der Waals surface area (Å²) in [6, 6.07) is 14.4. The van der Waals surface area contributed by atoms with E-state index in [1.165, 1.54) is 19.6 Å². The molecule has 5 fully saturated rings. The number of anilines is 1. The molecule has 13 heteroatoms. The van der Waals surface area contributed by atoms with Gasteiger partial charge < -0.3 is 39.0 Å². The Balaban J connectivity index is 1.02. The zero-order valence-electron chi connectivity index (χ0n) is 30.6. The van der Waals surface area contributed by atoms with Gasteiger partial charge in [-0.1, -0.05) is 18.6 Å². The second kappa shape index (κ2) is 15.9. The predicted octanol–water partition coefficient (Wildman–Crippen LogP) is 4.10. The fraction of sp³-hybridized carbons (Fsp3) is 0.667. The molecule has 2 aromatic carbocycles. The minimum absolute atomic E-state index is 0.0255. The number of rotatable bonds is 13. The van der Waals surface area contributed by atoms with Gasteiger partial charge in [-0.15, -0.1) is 0 Å². The fourth-order valence-corrected chi connectivity index (χ4v) is 11.1. The lowest BCUT2D eigenvalue weighted by molar-refractivity contribution is -0.0782. The summed E-state index contributed by atoms with van der Waals surface area (Å²) in [7, 11) is -0.295. The number of hydrogen-bond acceptors (Lipinski definition) is 10. The van der Waals surface area contributed by atoms with Crippen molar-refractivity contribution in [2.75, 3.05) is 97.1 Å². The van der Waals surface area contributed by atoms with Crippen LogP contribution in [0.4, 0.5) is 14.9 Å². The van der Waals surface area contributed by atoms with Gasteiger partial charge in [0.05, 0.1) is 56.8 Å². The number of sulfone groups is 1. The Hall–Kier alpha value is -2.81. The number of hydrogen-bond donors (Lipinski definition) is 1. The quantitative estimate of drug-likeness (QED) is 0.323. The molecule has 0 unspecified atom stereocenters. The lowest BCUT2D eigenvalue weighted by Gasteiger charge is -2.55. The van der Waals surface area contributed by atoms with Crippen molar-refractivity contribution in [3.8, 4) is 0 Å². The molecule has 7 rings (SSSR count). The van der Waals surface area contributed by atoms with Crippen molar-refractivity contribution in [2.45, 2.75) is 66.6 Å². The summed E-state index contributed by atoms with van der Waals surface area (Å²) in [5.74, 6) is 0.189. The fourth-order valence-electron chi connectivity index (χ4n) is 9.72. The summed E-state index contributed by atoms with van der Waals surface area (Å²) >= 11 is 0. The molecule has 0 radical (unpaired) electrons. The summed E-state index contributed by atoms with van der Waals surface area (Å²) in [5.41, 5.74) is 1.40. The monoisotopic (exact) mass is 742 g/mol. The molecule has 286 valence electrons. The van der Waals surface area contributed by atoms with Gasteiger partial charge in [-0.2, -0.15) is 0 Å². The average molecular weight is 743 g/mol. The summed E-state index contributed by atoms with van der Waals surface area (Å²) in [6.07, 6.45) is 5.19. The molecule has 4 aliphatic heterocycles. The van der Waals surface area contributed by atoms with Crippen molar-refractivity contribution in [1.29, 1.82) is 0 Å². The van der Waals surface area contributed by atoms with Crippen molar-refractivity contribution in [3.05, 3.63) is 59.9 Å². The Kier molecular flexibility index (Phi) is 11.5. The zero-order valence-corrected chi connectivity index (χ0v) is 31.5. The summed E-state index contributed by atoms with van der Waals surface area (Å²) in [5, 5.41) is 3.18. The largest absolute Gasteiger partial charge is 0.453 e. The van der Waals surface area contributed by atoms with Crippen LogP contribution in [-0.2, 0) is 34.2 Å². The Morgan fingerprint density at radius 3 is 2.38 bits per heavy atom. The van der Waals surface area contributed by atoms with Crippen LogP contribution >= 0.6 is 0 Å². The number of ether oxygens (including phenoxy) is 4. The van der Waals surface area contributed by atoms with Gasteiger partial charge in [-0.25, -0.2) is 17.6 Å². The molecule has 0 aromatic heterocycles. The lowest BCUT2D eigenvalue weighted by Crippen LogP contribution is -2.68. The highest BCUT2D eigenvalue weighted by atomic mass is 32.2. The van der Waals surface area contributed by atoms with Crippen LogP contribution in [-0.4, -0.2) is 134 Å². The molecule has 4 atom stereocenters. The van der Waals surface area contributed by atoms with Crippen LogP contribution in [0.15, 0.2) is 53.4 Å². The molecule has 52 heavy (non-hydrogen) atoms. The van der Waals surface area contributed by atoms with Crippen molar-refractivity contribution in [3.63, 3.8) is 0 Å². The molecule has 0 spiro atoms. The molecule has 11 nitrogen and oxygen atoms in total. The summed E-state index contributed by atoms with van der Waals surface area (Å²) in [6.45, 7) is 8.24. The van der Waals surface area contributed by atoms with E-state index in [2.05, 4.69) is 26.1 Å². The summed E-state index contributed by atoms with van der Waals surface area (Å²) in [4.78, 5) is 20.1. The van der Waals surface area contributed by atoms with Crippen LogP contribution in [0.2, 0.25) is 0 Å². The molecule has 5 aliphatic rings. The Labute approximate surface area is 308 Å². The second-order valence-corrected chi connectivity index (χ2v) is 17.6. The highest BCUT2D eigenvalue weighted by Gasteiger charge is 2.54. The van der Waals surface area contributed by atoms with E-state index < -0.39 is 22.0 Å². The first kappa shape index (κ1) is 37.5. The third-order valence-electron chi connectivity index (χ3n) is 12.5. The smallest absolute Gasteiger partial charge is 0.407 e. The first-order valence-electron chi connectivity index (χ1n) is 19.0. The van der Waals surface area contributed by atoms with Gasteiger partial charge >= 0.3 is 6.09 Å². The molecule has 1 saturated carbocycles. The van der Waals surface area contributed by atoms with Gasteiger partial charge in [0.1, 0.15) is 11.4 Å². The van der Waals surface area contributed by atoms with E-state index in [1.54, 1.807) is 25.3 Å². The molecule has 1 N–H and O–H groups in total. The Morgan fingerprint density at radius 2 is 1.75 bits per heavy atom. The maximum absolute atomic E-state index is 15.0. The Morgan fingerprint density at radius 1 is 0.981 bits per heavy atom. The second-order valence-electron chi connectivity index (χ2n) is 15.6. The summed E-state index contributed by atoms with van der Waals surface area (Å²) < 4.78 is 63.2. The standard InChI is InChI=1S/C39H55FN4O7S/c1-48-37(45)41-36-9-4-8-35(36)39(28-42-16-5-17-42,30-6-3-7-31(40)22-30)29-14-18-43(19-15-29)25-38(49-2)26-44(27-38)32-10-12-34(13-11-32)52(46,47)24-33-23-50-20-21-51-33/h3,6-7,10-13,22,29,33,35-36H,4-5,8-9,14-21,23-28H2,1-2H3,(H,41,45)/t33-,35-,36-,39-/m0/s1. The number of carbonyl (C=O) groups excluding carboxylic acids is 1. The maximum atomic E-state index is 15.0. The van der Waals surface area contributed by atoms with E-state index in [0.717, 1.165) is 82.6 Å². The molecular formula is C39H55FN4O7S. The predicted molar refractivity (Wildman–Crippen MR) is 196 cm³/mol. The third-order valence-corrected chi connectivity index (χ3v) is 14.3. The van der Waals surface area contributed by atoms with Gasteiger partial charge in [-0.05, 0) is 112 Å². The van der Waals surface area contributed by atoms with E-state index in [9.17, 15) is 13.2 Å². The number of nitrogens with zero attached hydrogens (tertiary/aromatic N) is 3. The van der Waals surface area contributed by atoms with Crippen molar-refractivity contribution in [1.82, 2.24) is 15.1 Å². The van der Waals surface area contributed by atoms with Crippen LogP contribution in [0.25, 0.3) is 0 Å². The van der Waals surface area contributed by atoms with E-state index in [4.69, 9.17) is 18.9 Å². The first-order valence-corrected chi connectivity index (χ1v) is 20.7. The third kappa shape index (κ3) is 7.86. The number of carbonyl (C=O) groups is 1. The van der Waals surface area contributed by atoms with Crippen LogP contribution in [0, 0.1) is 17.7 Å². The van der Waals surface area contributed by atoms with Gasteiger partial charge in [0.15, 0.2) is 9.84 Å². The Bertz CT molecular complexity index is 1620. The number of methoxy groups -OCH3 is 2. The highest BCUT2D eigenvalue weighted by molar-refractivity contribution is 7.91. The van der Waals surface area contributed by atoms with Crippen molar-refractivity contribution < 1.29 is 36.6 Å². The van der Waals surface area contributed by atoms with Crippen LogP contribution < -0.4 is 10.2 Å². The van der Waals surface area contributed by atoms with Gasteiger partial charge in [0.2, 0.25) is 0 Å². The minimum atomic E-state index is -3.49. The van der Waals surface area contributed by atoms with E-state index in [1.807, 2.05) is 18.2 Å². The number of halogens is 1. The highest BCUT2D eigenvalue weighted by Crippen LogP contribution is 2.51. The number of likely N-dealkylation sites (tertiary alicyclic amines) is 2. The number of benzene rings is 2. The topological polar surface area (TPSA) is 110 Å². The molecule has 1 amide bonds. The van der Waals surface area contributed by atoms with Crippen molar-refractivity contribution >= 4 is 21.6 Å². The first-order chi connectivity index (χ1) is 25.1. The van der Waals surface area contributed by atoms with Crippen LogP contribution in [0.3, 0.4) is 0 Å². The molecule has 2 aromatic rings.